The topological polar surface area (TPSA) is 21.7 Å². The van der Waals surface area contributed by atoms with Gasteiger partial charge in [0.05, 0.1) is 12.5 Å². The largest absolute Gasteiger partial charge is 0.497 e. The highest BCUT2D eigenvalue weighted by Crippen LogP contribution is 2.55. The Kier molecular flexibility index (Phi) is 3.17. The van der Waals surface area contributed by atoms with Gasteiger partial charge in [-0.05, 0) is 62.8 Å². The van der Waals surface area contributed by atoms with Crippen molar-refractivity contribution in [3.63, 3.8) is 0 Å². The fraction of sp³-hybridized carbons (Fsp3) is 0.333. The molecule has 0 amide bonds. The Morgan fingerprint density at radius 1 is 1.12 bits per heavy atom. The van der Waals surface area contributed by atoms with Gasteiger partial charge in [-0.25, -0.2) is 0 Å². The van der Waals surface area contributed by atoms with Crippen LogP contribution in [-0.4, -0.2) is 19.4 Å². The first kappa shape index (κ1) is 15.1. The van der Waals surface area contributed by atoms with Gasteiger partial charge >= 0.3 is 0 Å². The lowest BCUT2D eigenvalue weighted by molar-refractivity contribution is 0.0544. The average molecular weight is 321 g/mol. The van der Waals surface area contributed by atoms with Crippen LogP contribution >= 0.6 is 0 Å². The molecule has 2 heterocycles. The lowest BCUT2D eigenvalue weighted by atomic mass is 9.76. The van der Waals surface area contributed by atoms with E-state index in [1.54, 1.807) is 7.11 Å². The fourth-order valence-corrected chi connectivity index (χ4v) is 4.09. The molecule has 0 fully saturated rings. The third-order valence-corrected chi connectivity index (χ3v) is 5.45. The maximum atomic E-state index is 6.65. The van der Waals surface area contributed by atoms with E-state index in [1.165, 1.54) is 11.3 Å². The van der Waals surface area contributed by atoms with Crippen LogP contribution in [0.25, 0.3) is 6.08 Å². The molecule has 0 aliphatic carbocycles. The molecule has 1 spiro atoms. The molecule has 0 radical (unpaired) electrons. The number of para-hydroxylation sites is 1. The molecule has 2 aromatic carbocycles. The first-order chi connectivity index (χ1) is 11.5. The molecular weight excluding hydrogens is 298 g/mol. The Morgan fingerprint density at radius 2 is 1.92 bits per heavy atom. The van der Waals surface area contributed by atoms with Crippen LogP contribution in [-0.2, 0) is 5.41 Å². The summed E-state index contributed by atoms with van der Waals surface area (Å²) in [5.74, 6) is 1.82. The number of hydrogen-bond acceptors (Lipinski definition) is 3. The summed E-state index contributed by atoms with van der Waals surface area (Å²) < 4.78 is 12.1. The minimum absolute atomic E-state index is 0.211. The number of rotatable bonds is 2. The summed E-state index contributed by atoms with van der Waals surface area (Å²) in [5.41, 5.74) is 2.87. The SMILES string of the molecule is CCN1c2ccc(OC)cc2C(C)(C)C12C=Cc1ccccc1O2. The zero-order chi connectivity index (χ0) is 16.9. The van der Waals surface area contributed by atoms with Gasteiger partial charge in [0.15, 0.2) is 0 Å². The highest BCUT2D eigenvalue weighted by atomic mass is 16.5. The first-order valence-corrected chi connectivity index (χ1v) is 8.47. The minimum atomic E-state index is -0.523. The van der Waals surface area contributed by atoms with Crippen molar-refractivity contribution >= 4 is 11.8 Å². The number of fused-ring (bicyclic) bond motifs is 2. The van der Waals surface area contributed by atoms with Gasteiger partial charge in [0.25, 0.3) is 0 Å². The van der Waals surface area contributed by atoms with Crippen LogP contribution in [0.3, 0.4) is 0 Å². The number of anilines is 1. The molecule has 4 rings (SSSR count). The molecular formula is C21H23NO2. The van der Waals surface area contributed by atoms with Crippen molar-refractivity contribution in [1.82, 2.24) is 0 Å². The summed E-state index contributed by atoms with van der Waals surface area (Å²) in [6.45, 7) is 7.54. The molecule has 0 N–H and O–H groups in total. The second-order valence-corrected chi connectivity index (χ2v) is 6.92. The van der Waals surface area contributed by atoms with E-state index in [0.29, 0.717) is 0 Å². The van der Waals surface area contributed by atoms with E-state index < -0.39 is 5.72 Å². The standard InChI is InChI=1S/C21H23NO2/c1-5-22-18-11-10-16(23-4)14-17(18)20(2,3)21(22)13-12-15-8-6-7-9-19(15)24-21/h6-14H,5H2,1-4H3. The Bertz CT molecular complexity index is 824. The summed E-state index contributed by atoms with van der Waals surface area (Å²) in [5, 5.41) is 0. The molecule has 1 atom stereocenters. The number of ether oxygens (including phenoxy) is 2. The molecule has 0 saturated heterocycles. The maximum Gasteiger partial charge on any atom is 0.212 e. The number of benzene rings is 2. The molecule has 2 aromatic rings. The molecule has 0 bridgehead atoms. The van der Waals surface area contributed by atoms with Crippen LogP contribution in [0.5, 0.6) is 11.5 Å². The Labute approximate surface area is 143 Å². The van der Waals surface area contributed by atoms with Crippen molar-refractivity contribution in [2.24, 2.45) is 0 Å². The smallest absolute Gasteiger partial charge is 0.212 e. The monoisotopic (exact) mass is 321 g/mol. The van der Waals surface area contributed by atoms with Gasteiger partial charge < -0.3 is 14.4 Å². The predicted molar refractivity (Wildman–Crippen MR) is 97.9 cm³/mol. The van der Waals surface area contributed by atoms with Gasteiger partial charge in [0.1, 0.15) is 11.5 Å². The molecule has 2 aliphatic heterocycles. The maximum absolute atomic E-state index is 6.65. The number of hydrogen-bond donors (Lipinski definition) is 0. The van der Waals surface area contributed by atoms with E-state index in [1.807, 2.05) is 24.3 Å². The van der Waals surface area contributed by atoms with Crippen molar-refractivity contribution < 1.29 is 9.47 Å². The van der Waals surface area contributed by atoms with Crippen molar-refractivity contribution in [2.75, 3.05) is 18.6 Å². The fourth-order valence-electron chi connectivity index (χ4n) is 4.09. The third kappa shape index (κ3) is 1.78. The predicted octanol–water partition coefficient (Wildman–Crippen LogP) is 4.61. The van der Waals surface area contributed by atoms with Crippen molar-refractivity contribution in [2.45, 2.75) is 31.9 Å². The van der Waals surface area contributed by atoms with Crippen molar-refractivity contribution in [3.8, 4) is 11.5 Å². The van der Waals surface area contributed by atoms with Crippen molar-refractivity contribution in [1.29, 1.82) is 0 Å². The quantitative estimate of drug-likeness (QED) is 0.806. The van der Waals surface area contributed by atoms with Gasteiger partial charge in [-0.15, -0.1) is 0 Å². The van der Waals surface area contributed by atoms with Gasteiger partial charge in [0, 0.05) is 17.8 Å². The molecule has 3 nitrogen and oxygen atoms in total. The summed E-state index contributed by atoms with van der Waals surface area (Å²) in [7, 11) is 1.71. The lowest BCUT2D eigenvalue weighted by Gasteiger charge is -2.46. The van der Waals surface area contributed by atoms with E-state index in [2.05, 4.69) is 56.0 Å². The number of methoxy groups -OCH3 is 1. The molecule has 3 heteroatoms. The van der Waals surface area contributed by atoms with E-state index in [4.69, 9.17) is 9.47 Å². The molecule has 0 aromatic heterocycles. The van der Waals surface area contributed by atoms with Crippen LogP contribution in [0.15, 0.2) is 48.5 Å². The summed E-state index contributed by atoms with van der Waals surface area (Å²) in [4.78, 5) is 2.36. The van der Waals surface area contributed by atoms with Crippen LogP contribution in [0.1, 0.15) is 31.9 Å². The van der Waals surface area contributed by atoms with Gasteiger partial charge in [0.2, 0.25) is 5.72 Å². The summed E-state index contributed by atoms with van der Waals surface area (Å²) in [6.07, 6.45) is 4.40. The van der Waals surface area contributed by atoms with Crippen LogP contribution in [0.2, 0.25) is 0 Å². The third-order valence-electron chi connectivity index (χ3n) is 5.45. The second kappa shape index (κ2) is 5.04. The second-order valence-electron chi connectivity index (χ2n) is 6.92. The molecule has 2 aliphatic rings. The van der Waals surface area contributed by atoms with E-state index in [9.17, 15) is 0 Å². The van der Waals surface area contributed by atoms with Crippen LogP contribution in [0, 0.1) is 0 Å². The van der Waals surface area contributed by atoms with Crippen molar-refractivity contribution in [3.05, 3.63) is 59.7 Å². The normalized spacial score (nSPS) is 22.9. The molecule has 124 valence electrons. The van der Waals surface area contributed by atoms with Gasteiger partial charge in [-0.1, -0.05) is 18.2 Å². The average Bonchev–Trinajstić information content (AvgIpc) is 2.78. The van der Waals surface area contributed by atoms with Crippen LogP contribution in [0.4, 0.5) is 5.69 Å². The zero-order valence-corrected chi connectivity index (χ0v) is 14.7. The lowest BCUT2D eigenvalue weighted by Crippen LogP contribution is -2.59. The van der Waals surface area contributed by atoms with Gasteiger partial charge in [-0.2, -0.15) is 0 Å². The minimum Gasteiger partial charge on any atom is -0.497 e. The van der Waals surface area contributed by atoms with E-state index in [0.717, 1.165) is 23.6 Å². The van der Waals surface area contributed by atoms with E-state index in [-0.39, 0.29) is 5.41 Å². The van der Waals surface area contributed by atoms with Crippen LogP contribution < -0.4 is 14.4 Å². The molecule has 0 saturated carbocycles. The highest BCUT2D eigenvalue weighted by molar-refractivity contribution is 5.73. The molecule has 24 heavy (non-hydrogen) atoms. The van der Waals surface area contributed by atoms with Gasteiger partial charge in [-0.3, -0.25) is 0 Å². The Hall–Kier alpha value is -2.42. The first-order valence-electron chi connectivity index (χ1n) is 8.47. The molecule has 1 unspecified atom stereocenters. The number of nitrogens with zero attached hydrogens (tertiary/aromatic N) is 1. The summed E-state index contributed by atoms with van der Waals surface area (Å²) in [6, 6.07) is 14.5. The highest BCUT2D eigenvalue weighted by Gasteiger charge is 2.58. The van der Waals surface area contributed by atoms with E-state index >= 15 is 0 Å². The Balaban J connectivity index is 1.91. The summed E-state index contributed by atoms with van der Waals surface area (Å²) >= 11 is 0. The number of likely N-dealkylation sites (N-methyl/N-ethyl adjacent to an activating group) is 1. The Morgan fingerprint density at radius 3 is 2.67 bits per heavy atom. The zero-order valence-electron chi connectivity index (χ0n) is 14.7.